The fraction of sp³-hybridized carbons (Fsp3) is 0.364. The van der Waals surface area contributed by atoms with Gasteiger partial charge < -0.3 is 10.1 Å². The fourth-order valence-corrected chi connectivity index (χ4v) is 3.59. The molecule has 1 N–H and O–H groups in total. The summed E-state index contributed by atoms with van der Waals surface area (Å²) in [6, 6.07) is 11.5. The van der Waals surface area contributed by atoms with E-state index in [1.165, 1.54) is 23.4 Å². The van der Waals surface area contributed by atoms with Crippen LogP contribution in [0.25, 0.3) is 0 Å². The minimum atomic E-state index is -0.507. The highest BCUT2D eigenvalue weighted by atomic mass is 32.2. The third kappa shape index (κ3) is 6.06. The van der Waals surface area contributed by atoms with Crippen LogP contribution in [0.5, 0.6) is 0 Å². The molecule has 0 aliphatic heterocycles. The Kier molecular flexibility index (Phi) is 8.22. The molecule has 1 aromatic carbocycles. The van der Waals surface area contributed by atoms with Gasteiger partial charge in [0.05, 0.1) is 35.2 Å². The second-order valence-corrected chi connectivity index (χ2v) is 7.50. The average Bonchev–Trinajstić information content (AvgIpc) is 2.71. The lowest BCUT2D eigenvalue weighted by Gasteiger charge is -2.17. The average molecular weight is 412 g/mol. The highest BCUT2D eigenvalue weighted by molar-refractivity contribution is 8.00. The zero-order valence-corrected chi connectivity index (χ0v) is 17.9. The van der Waals surface area contributed by atoms with Crippen LogP contribution < -0.4 is 5.32 Å². The summed E-state index contributed by atoms with van der Waals surface area (Å²) in [5.74, 6) is -0.519. The maximum absolute atomic E-state index is 12.5. The molecule has 0 aliphatic rings. The first-order valence-corrected chi connectivity index (χ1v) is 10.5. The van der Waals surface area contributed by atoms with Crippen LogP contribution in [-0.2, 0) is 9.53 Å². The van der Waals surface area contributed by atoms with E-state index in [4.69, 9.17) is 4.74 Å². The van der Waals surface area contributed by atoms with Crippen molar-refractivity contribution in [2.45, 2.75) is 45.2 Å². The Morgan fingerprint density at radius 1 is 1.24 bits per heavy atom. The Morgan fingerprint density at radius 3 is 2.52 bits per heavy atom. The summed E-state index contributed by atoms with van der Waals surface area (Å²) >= 11 is 1.18. The van der Waals surface area contributed by atoms with Gasteiger partial charge in [-0.2, -0.15) is 5.26 Å². The van der Waals surface area contributed by atoms with Gasteiger partial charge in [-0.3, -0.25) is 4.79 Å². The minimum Gasteiger partial charge on any atom is -0.462 e. The van der Waals surface area contributed by atoms with Gasteiger partial charge in [-0.05, 0) is 38.8 Å². The van der Waals surface area contributed by atoms with E-state index in [9.17, 15) is 14.9 Å². The molecule has 1 amide bonds. The largest absolute Gasteiger partial charge is 0.462 e. The van der Waals surface area contributed by atoms with Crippen LogP contribution in [0.15, 0.2) is 35.4 Å². The molecule has 0 fully saturated rings. The fourth-order valence-electron chi connectivity index (χ4n) is 2.78. The quantitative estimate of drug-likeness (QED) is 0.519. The lowest BCUT2D eigenvalue weighted by molar-refractivity contribution is -0.119. The first-order chi connectivity index (χ1) is 13.9. The maximum Gasteiger partial charge on any atom is 0.340 e. The smallest absolute Gasteiger partial charge is 0.340 e. The van der Waals surface area contributed by atoms with Crippen LogP contribution in [-0.4, -0.2) is 29.2 Å². The van der Waals surface area contributed by atoms with E-state index in [2.05, 4.69) is 10.3 Å². The number of pyridine rings is 1. The van der Waals surface area contributed by atoms with Crippen molar-refractivity contribution in [3.8, 4) is 6.07 Å². The molecule has 29 heavy (non-hydrogen) atoms. The Balaban J connectivity index is 2.07. The van der Waals surface area contributed by atoms with Crippen LogP contribution in [0.2, 0.25) is 0 Å². The van der Waals surface area contributed by atoms with E-state index in [0.717, 1.165) is 12.0 Å². The zero-order chi connectivity index (χ0) is 21.4. The predicted octanol–water partition coefficient (Wildman–Crippen LogP) is 4.11. The molecule has 6 nitrogen and oxygen atoms in total. The first-order valence-electron chi connectivity index (χ1n) is 9.47. The van der Waals surface area contributed by atoms with Crippen LogP contribution in [0.4, 0.5) is 0 Å². The van der Waals surface area contributed by atoms with Crippen molar-refractivity contribution in [1.29, 1.82) is 5.26 Å². The number of nitrogens with one attached hydrogen (secondary N) is 1. The van der Waals surface area contributed by atoms with Gasteiger partial charge in [-0.1, -0.05) is 48.5 Å². The molecule has 0 unspecified atom stereocenters. The van der Waals surface area contributed by atoms with Crippen LogP contribution >= 0.6 is 11.8 Å². The molecule has 2 rings (SSSR count). The standard InChI is InChI=1S/C22H25N3O3S/c1-5-19(16-9-7-14(3)8-10-16)25-20(26)13-29-21-17(12-23)11-18(15(4)24-21)22(27)28-6-2/h7-11,19H,5-6,13H2,1-4H3,(H,25,26)/t19-/m0/s1. The Bertz CT molecular complexity index is 920. The number of thioether (sulfide) groups is 1. The summed E-state index contributed by atoms with van der Waals surface area (Å²) in [6.45, 7) is 7.69. The van der Waals surface area contributed by atoms with Gasteiger partial charge in [0, 0.05) is 0 Å². The monoisotopic (exact) mass is 411 g/mol. The number of hydrogen-bond acceptors (Lipinski definition) is 6. The third-order valence-electron chi connectivity index (χ3n) is 4.36. The predicted molar refractivity (Wildman–Crippen MR) is 113 cm³/mol. The summed E-state index contributed by atoms with van der Waals surface area (Å²) in [5, 5.41) is 12.9. The molecule has 0 saturated carbocycles. The number of amides is 1. The molecule has 0 radical (unpaired) electrons. The SMILES string of the molecule is CCOC(=O)c1cc(C#N)c(SCC(=O)N[C@@H](CC)c2ccc(C)cc2)nc1C. The summed E-state index contributed by atoms with van der Waals surface area (Å²) in [7, 11) is 0. The summed E-state index contributed by atoms with van der Waals surface area (Å²) in [6.07, 6.45) is 0.772. The van der Waals surface area contributed by atoms with Crippen LogP contribution in [0.1, 0.15) is 59.1 Å². The molecule has 2 aromatic rings. The number of rotatable bonds is 8. The summed E-state index contributed by atoms with van der Waals surface area (Å²) < 4.78 is 4.99. The van der Waals surface area contributed by atoms with Crippen molar-refractivity contribution in [3.63, 3.8) is 0 Å². The van der Waals surface area contributed by atoms with Crippen molar-refractivity contribution in [2.24, 2.45) is 0 Å². The Hall–Kier alpha value is -2.85. The molecular formula is C22H25N3O3S. The number of esters is 1. The zero-order valence-electron chi connectivity index (χ0n) is 17.1. The molecule has 0 bridgehead atoms. The van der Waals surface area contributed by atoms with Crippen molar-refractivity contribution in [2.75, 3.05) is 12.4 Å². The molecule has 1 aromatic heterocycles. The van der Waals surface area contributed by atoms with E-state index >= 15 is 0 Å². The molecular weight excluding hydrogens is 386 g/mol. The number of ether oxygens (including phenoxy) is 1. The third-order valence-corrected chi connectivity index (χ3v) is 5.35. The Labute approximate surface area is 175 Å². The van der Waals surface area contributed by atoms with E-state index in [0.29, 0.717) is 10.7 Å². The van der Waals surface area contributed by atoms with Gasteiger partial charge in [0.1, 0.15) is 11.1 Å². The van der Waals surface area contributed by atoms with Crippen LogP contribution in [0.3, 0.4) is 0 Å². The van der Waals surface area contributed by atoms with E-state index in [1.807, 2.05) is 44.2 Å². The molecule has 152 valence electrons. The van der Waals surface area contributed by atoms with Gasteiger partial charge in [0.15, 0.2) is 0 Å². The van der Waals surface area contributed by atoms with E-state index in [1.54, 1.807) is 13.8 Å². The molecule has 1 atom stereocenters. The number of carbonyl (C=O) groups is 2. The number of benzene rings is 1. The number of aromatic nitrogens is 1. The van der Waals surface area contributed by atoms with Crippen molar-refractivity contribution < 1.29 is 14.3 Å². The van der Waals surface area contributed by atoms with Crippen molar-refractivity contribution >= 4 is 23.6 Å². The Morgan fingerprint density at radius 2 is 1.93 bits per heavy atom. The normalized spacial score (nSPS) is 11.4. The number of hydrogen-bond donors (Lipinski definition) is 1. The number of nitrogens with zero attached hydrogens (tertiary/aromatic N) is 2. The maximum atomic E-state index is 12.5. The van der Waals surface area contributed by atoms with Crippen LogP contribution in [0, 0.1) is 25.2 Å². The van der Waals surface area contributed by atoms with Crippen molar-refractivity contribution in [1.82, 2.24) is 10.3 Å². The second kappa shape index (κ2) is 10.6. The molecule has 0 spiro atoms. The molecule has 1 heterocycles. The lowest BCUT2D eigenvalue weighted by Crippen LogP contribution is -2.29. The highest BCUT2D eigenvalue weighted by Gasteiger charge is 2.18. The molecule has 7 heteroatoms. The first kappa shape index (κ1) is 22.4. The topological polar surface area (TPSA) is 92.1 Å². The van der Waals surface area contributed by atoms with Gasteiger partial charge in [-0.15, -0.1) is 0 Å². The second-order valence-electron chi connectivity index (χ2n) is 6.53. The minimum absolute atomic E-state index is 0.0694. The number of carbonyl (C=O) groups excluding carboxylic acids is 2. The summed E-state index contributed by atoms with van der Waals surface area (Å²) in [5.41, 5.74) is 3.21. The van der Waals surface area contributed by atoms with Gasteiger partial charge >= 0.3 is 5.97 Å². The lowest BCUT2D eigenvalue weighted by atomic mass is 10.0. The van der Waals surface area contributed by atoms with Gasteiger partial charge in [-0.25, -0.2) is 9.78 Å². The van der Waals surface area contributed by atoms with E-state index in [-0.39, 0.29) is 35.4 Å². The molecule has 0 saturated heterocycles. The van der Waals surface area contributed by atoms with Gasteiger partial charge in [0.25, 0.3) is 0 Å². The number of aryl methyl sites for hydroxylation is 2. The van der Waals surface area contributed by atoms with Crippen molar-refractivity contribution in [3.05, 3.63) is 58.3 Å². The number of nitriles is 1. The van der Waals surface area contributed by atoms with Gasteiger partial charge in [0.2, 0.25) is 5.91 Å². The van der Waals surface area contributed by atoms with E-state index < -0.39 is 5.97 Å². The molecule has 0 aliphatic carbocycles. The highest BCUT2D eigenvalue weighted by Crippen LogP contribution is 2.24. The summed E-state index contributed by atoms with van der Waals surface area (Å²) in [4.78, 5) is 28.8.